The van der Waals surface area contributed by atoms with Crippen LogP contribution in [0.3, 0.4) is 0 Å². The molecule has 5 heteroatoms. The maximum absolute atomic E-state index is 11.7. The van der Waals surface area contributed by atoms with Gasteiger partial charge in [0.15, 0.2) is 0 Å². The van der Waals surface area contributed by atoms with Crippen LogP contribution in [0.1, 0.15) is 26.3 Å². The summed E-state index contributed by atoms with van der Waals surface area (Å²) in [5.74, 6) is -1.11. The van der Waals surface area contributed by atoms with Gasteiger partial charge in [0.2, 0.25) is 0 Å². The molecule has 0 N–H and O–H groups in total. The molecule has 0 saturated heterocycles. The van der Waals surface area contributed by atoms with Crippen molar-refractivity contribution in [3.8, 4) is 0 Å². The highest BCUT2D eigenvalue weighted by Crippen LogP contribution is 2.24. The first-order chi connectivity index (χ1) is 8.42. The number of nitrogens with zero attached hydrogens (tertiary/aromatic N) is 1. The Labute approximate surface area is 106 Å². The third-order valence-electron chi connectivity index (χ3n) is 2.63. The summed E-state index contributed by atoms with van der Waals surface area (Å²) in [4.78, 5) is 25.2. The van der Waals surface area contributed by atoms with Crippen molar-refractivity contribution in [2.24, 2.45) is 0 Å². The highest BCUT2D eigenvalue weighted by atomic mass is 16.5. The number of esters is 2. The molecule has 0 aliphatic heterocycles. The molecule has 1 aromatic rings. The lowest BCUT2D eigenvalue weighted by Gasteiger charge is -2.18. The third kappa shape index (κ3) is 2.61. The van der Waals surface area contributed by atoms with Gasteiger partial charge in [-0.15, -0.1) is 0 Å². The van der Waals surface area contributed by atoms with Crippen LogP contribution < -0.4 is 4.90 Å². The van der Waals surface area contributed by atoms with Gasteiger partial charge in [-0.1, -0.05) is 0 Å². The van der Waals surface area contributed by atoms with Crippen LogP contribution in [0.15, 0.2) is 12.1 Å². The molecule has 0 bridgehead atoms. The summed E-state index contributed by atoms with van der Waals surface area (Å²) in [7, 11) is 6.28. The van der Waals surface area contributed by atoms with Gasteiger partial charge < -0.3 is 14.4 Å². The van der Waals surface area contributed by atoms with Crippen molar-refractivity contribution in [1.29, 1.82) is 0 Å². The topological polar surface area (TPSA) is 55.8 Å². The van der Waals surface area contributed by atoms with E-state index < -0.39 is 11.9 Å². The molecule has 0 atom stereocenters. The van der Waals surface area contributed by atoms with Gasteiger partial charge in [-0.2, -0.15) is 0 Å². The Kier molecular flexibility index (Phi) is 4.31. The van der Waals surface area contributed by atoms with Crippen LogP contribution in [0.25, 0.3) is 0 Å². The predicted molar refractivity (Wildman–Crippen MR) is 68.2 cm³/mol. The second-order valence-electron chi connectivity index (χ2n) is 4.06. The van der Waals surface area contributed by atoms with E-state index in [9.17, 15) is 9.59 Å². The van der Waals surface area contributed by atoms with Crippen LogP contribution in [-0.4, -0.2) is 40.3 Å². The number of methoxy groups -OCH3 is 2. The van der Waals surface area contributed by atoms with Gasteiger partial charge in [0.25, 0.3) is 0 Å². The monoisotopic (exact) mass is 251 g/mol. The number of carbonyl (C=O) groups is 2. The number of ether oxygens (including phenoxy) is 2. The Bertz CT molecular complexity index is 480. The molecule has 5 nitrogen and oxygen atoms in total. The molecular formula is C13H17NO4. The SMILES string of the molecule is COC(=O)c1cc(C)c(N(C)C)cc1C(=O)OC. The van der Waals surface area contributed by atoms with Crippen molar-refractivity contribution in [2.45, 2.75) is 6.92 Å². The molecule has 18 heavy (non-hydrogen) atoms. The smallest absolute Gasteiger partial charge is 0.338 e. The minimum atomic E-state index is -0.557. The average Bonchev–Trinajstić information content (AvgIpc) is 2.36. The van der Waals surface area contributed by atoms with Crippen LogP contribution in [-0.2, 0) is 9.47 Å². The molecule has 1 rings (SSSR count). The number of carbonyl (C=O) groups excluding carboxylic acids is 2. The molecule has 0 heterocycles. The summed E-state index contributed by atoms with van der Waals surface area (Å²) in [6.45, 7) is 1.86. The van der Waals surface area contributed by atoms with E-state index in [-0.39, 0.29) is 11.1 Å². The van der Waals surface area contributed by atoms with Gasteiger partial charge in [-0.05, 0) is 24.6 Å². The zero-order chi connectivity index (χ0) is 13.9. The zero-order valence-corrected chi connectivity index (χ0v) is 11.2. The predicted octanol–water partition coefficient (Wildman–Crippen LogP) is 1.63. The molecule has 98 valence electrons. The number of aryl methyl sites for hydroxylation is 1. The van der Waals surface area contributed by atoms with E-state index in [1.54, 1.807) is 12.1 Å². The summed E-state index contributed by atoms with van der Waals surface area (Å²) in [6.07, 6.45) is 0. The quantitative estimate of drug-likeness (QED) is 0.764. The molecule has 0 aliphatic carbocycles. The fourth-order valence-corrected chi connectivity index (χ4v) is 1.74. The first-order valence-electron chi connectivity index (χ1n) is 5.41. The van der Waals surface area contributed by atoms with Crippen LogP contribution in [0.2, 0.25) is 0 Å². The van der Waals surface area contributed by atoms with Gasteiger partial charge >= 0.3 is 11.9 Å². The molecule has 0 amide bonds. The highest BCUT2D eigenvalue weighted by molar-refractivity contribution is 6.04. The van der Waals surface area contributed by atoms with E-state index in [2.05, 4.69) is 9.47 Å². The zero-order valence-electron chi connectivity index (χ0n) is 11.2. The lowest BCUT2D eigenvalue weighted by atomic mass is 10.0. The first kappa shape index (κ1) is 14.0. The summed E-state index contributed by atoms with van der Waals surface area (Å²) < 4.78 is 9.35. The first-order valence-corrected chi connectivity index (χ1v) is 5.41. The van der Waals surface area contributed by atoms with Crippen molar-refractivity contribution in [2.75, 3.05) is 33.2 Å². The Morgan fingerprint density at radius 1 is 1.00 bits per heavy atom. The molecule has 1 aromatic carbocycles. The van der Waals surface area contributed by atoms with Crippen molar-refractivity contribution >= 4 is 17.6 Å². The largest absolute Gasteiger partial charge is 0.465 e. The lowest BCUT2D eigenvalue weighted by molar-refractivity contribution is 0.0555. The number of anilines is 1. The second-order valence-corrected chi connectivity index (χ2v) is 4.06. The van der Waals surface area contributed by atoms with E-state index in [1.807, 2.05) is 25.9 Å². The third-order valence-corrected chi connectivity index (χ3v) is 2.63. The van der Waals surface area contributed by atoms with Crippen LogP contribution in [0, 0.1) is 6.92 Å². The van der Waals surface area contributed by atoms with E-state index in [1.165, 1.54) is 14.2 Å². The van der Waals surface area contributed by atoms with Gasteiger partial charge in [0.1, 0.15) is 0 Å². The van der Waals surface area contributed by atoms with Gasteiger partial charge in [-0.25, -0.2) is 9.59 Å². The molecule has 0 aliphatic rings. The summed E-state index contributed by atoms with van der Waals surface area (Å²) in [6, 6.07) is 3.26. The maximum Gasteiger partial charge on any atom is 0.338 e. The summed E-state index contributed by atoms with van der Waals surface area (Å²) in [5.41, 5.74) is 2.15. The average molecular weight is 251 g/mol. The Morgan fingerprint density at radius 3 is 1.83 bits per heavy atom. The van der Waals surface area contributed by atoms with Crippen LogP contribution in [0.4, 0.5) is 5.69 Å². The summed E-state index contributed by atoms with van der Waals surface area (Å²) >= 11 is 0. The van der Waals surface area contributed by atoms with Crippen LogP contribution in [0.5, 0.6) is 0 Å². The van der Waals surface area contributed by atoms with E-state index >= 15 is 0 Å². The van der Waals surface area contributed by atoms with Crippen LogP contribution >= 0.6 is 0 Å². The van der Waals surface area contributed by atoms with E-state index in [4.69, 9.17) is 0 Å². The standard InChI is InChI=1S/C13H17NO4/c1-8-6-9(12(15)17-4)10(13(16)18-5)7-11(8)14(2)3/h6-7H,1-5H3. The molecule has 0 unspecified atom stereocenters. The van der Waals surface area contributed by atoms with Gasteiger partial charge in [-0.3, -0.25) is 0 Å². The number of hydrogen-bond donors (Lipinski definition) is 0. The minimum Gasteiger partial charge on any atom is -0.465 e. The minimum absolute atomic E-state index is 0.207. The number of hydrogen-bond acceptors (Lipinski definition) is 5. The Hall–Kier alpha value is -2.04. The molecule has 0 radical (unpaired) electrons. The molecule has 0 aromatic heterocycles. The van der Waals surface area contributed by atoms with Crippen molar-refractivity contribution in [3.05, 3.63) is 28.8 Å². The maximum atomic E-state index is 11.7. The van der Waals surface area contributed by atoms with E-state index in [0.717, 1.165) is 11.3 Å². The Balaban J connectivity index is 3.46. The summed E-state index contributed by atoms with van der Waals surface area (Å²) in [5, 5.41) is 0. The molecule has 0 fully saturated rings. The molecule has 0 spiro atoms. The van der Waals surface area contributed by atoms with Crippen molar-refractivity contribution < 1.29 is 19.1 Å². The van der Waals surface area contributed by atoms with Crippen molar-refractivity contribution in [3.63, 3.8) is 0 Å². The Morgan fingerprint density at radius 2 is 1.44 bits per heavy atom. The van der Waals surface area contributed by atoms with Gasteiger partial charge in [0.05, 0.1) is 25.3 Å². The molecule has 0 saturated carbocycles. The number of benzene rings is 1. The normalized spacial score (nSPS) is 9.83. The van der Waals surface area contributed by atoms with Crippen molar-refractivity contribution in [1.82, 2.24) is 0 Å². The second kappa shape index (κ2) is 5.53. The fraction of sp³-hybridized carbons (Fsp3) is 0.385. The lowest BCUT2D eigenvalue weighted by Crippen LogP contribution is -2.16. The fourth-order valence-electron chi connectivity index (χ4n) is 1.74. The molecular weight excluding hydrogens is 234 g/mol. The van der Waals surface area contributed by atoms with E-state index in [0.29, 0.717) is 0 Å². The highest BCUT2D eigenvalue weighted by Gasteiger charge is 2.20. The number of rotatable bonds is 3. The van der Waals surface area contributed by atoms with Gasteiger partial charge in [0, 0.05) is 19.8 Å².